The van der Waals surface area contributed by atoms with Crippen LogP contribution in [0.3, 0.4) is 0 Å². The highest BCUT2D eigenvalue weighted by Gasteiger charge is 2.47. The van der Waals surface area contributed by atoms with Gasteiger partial charge in [-0.25, -0.2) is 8.42 Å². The molecule has 0 atom stereocenters. The number of carbonyl (C=O) groups excluding carboxylic acids is 1. The number of nitro benzene ring substituents is 1. The fourth-order valence-electron chi connectivity index (χ4n) is 2.65. The highest BCUT2D eigenvalue weighted by molar-refractivity contribution is 7.92. The van der Waals surface area contributed by atoms with Gasteiger partial charge < -0.3 is 10.2 Å². The van der Waals surface area contributed by atoms with Crippen molar-refractivity contribution in [3.05, 3.63) is 28.3 Å². The van der Waals surface area contributed by atoms with Gasteiger partial charge in [0.2, 0.25) is 5.91 Å². The van der Waals surface area contributed by atoms with E-state index in [2.05, 4.69) is 5.32 Å². The standard InChI is InChI=1S/C14H17F3N4O5S/c1-18-13(22)9-19-4-6-20(7-5-19)11-3-2-10(8-12(11)21(23)24)27(25,26)14(15,16)17/h2-3,8H,4-7,9H2,1H3,(H,18,22). The smallest absolute Gasteiger partial charge is 0.363 e. The number of likely N-dealkylation sites (N-methyl/N-ethyl adjacent to an activating group) is 1. The predicted molar refractivity (Wildman–Crippen MR) is 89.1 cm³/mol. The van der Waals surface area contributed by atoms with Gasteiger partial charge >= 0.3 is 5.51 Å². The Morgan fingerprint density at radius 3 is 2.33 bits per heavy atom. The van der Waals surface area contributed by atoms with Crippen LogP contribution in [0, 0.1) is 10.1 Å². The molecular formula is C14H17F3N4O5S. The lowest BCUT2D eigenvalue weighted by molar-refractivity contribution is -0.384. The van der Waals surface area contributed by atoms with Gasteiger partial charge in [-0.05, 0) is 12.1 Å². The van der Waals surface area contributed by atoms with E-state index in [9.17, 15) is 36.5 Å². The van der Waals surface area contributed by atoms with Crippen LogP contribution < -0.4 is 10.2 Å². The molecule has 1 amide bonds. The topological polar surface area (TPSA) is 113 Å². The van der Waals surface area contributed by atoms with Crippen LogP contribution in [0.4, 0.5) is 24.5 Å². The summed E-state index contributed by atoms with van der Waals surface area (Å²) < 4.78 is 61.0. The summed E-state index contributed by atoms with van der Waals surface area (Å²) in [5.41, 5.74) is -6.24. The van der Waals surface area contributed by atoms with Crippen molar-refractivity contribution in [3.8, 4) is 0 Å². The van der Waals surface area contributed by atoms with Crippen LogP contribution in [0.25, 0.3) is 0 Å². The summed E-state index contributed by atoms with van der Waals surface area (Å²) in [5.74, 6) is -0.184. The molecule has 0 spiro atoms. The second-order valence-corrected chi connectivity index (χ2v) is 7.73. The Bertz CT molecular complexity index is 836. The molecule has 9 nitrogen and oxygen atoms in total. The molecular weight excluding hydrogens is 393 g/mol. The second-order valence-electron chi connectivity index (χ2n) is 5.79. The van der Waals surface area contributed by atoms with Gasteiger partial charge in [-0.2, -0.15) is 13.2 Å². The van der Waals surface area contributed by atoms with E-state index < -0.39 is 30.9 Å². The van der Waals surface area contributed by atoms with E-state index in [1.165, 1.54) is 7.05 Å². The average molecular weight is 410 g/mol. The maximum absolute atomic E-state index is 12.7. The summed E-state index contributed by atoms with van der Waals surface area (Å²) in [6.45, 7) is 1.57. The molecule has 1 aromatic carbocycles. The molecule has 1 aromatic rings. The zero-order valence-electron chi connectivity index (χ0n) is 14.2. The third-order valence-electron chi connectivity index (χ3n) is 4.12. The molecule has 0 aliphatic carbocycles. The number of carbonyl (C=O) groups is 1. The first kappa shape index (κ1) is 20.9. The van der Waals surface area contributed by atoms with Gasteiger partial charge in [0.05, 0.1) is 16.4 Å². The monoisotopic (exact) mass is 410 g/mol. The molecule has 2 rings (SSSR count). The minimum atomic E-state index is -5.68. The molecule has 150 valence electrons. The maximum Gasteiger partial charge on any atom is 0.501 e. The van der Waals surface area contributed by atoms with Gasteiger partial charge in [0.25, 0.3) is 15.5 Å². The minimum Gasteiger partial charge on any atom is -0.363 e. The van der Waals surface area contributed by atoms with E-state index in [-0.39, 0.29) is 18.1 Å². The fourth-order valence-corrected chi connectivity index (χ4v) is 3.43. The Kier molecular flexibility index (Phi) is 5.94. The van der Waals surface area contributed by atoms with E-state index in [0.717, 1.165) is 6.07 Å². The van der Waals surface area contributed by atoms with Gasteiger partial charge in [0.15, 0.2) is 0 Å². The normalized spacial score (nSPS) is 16.2. The van der Waals surface area contributed by atoms with Gasteiger partial charge in [0.1, 0.15) is 5.69 Å². The lowest BCUT2D eigenvalue weighted by Gasteiger charge is -2.35. The van der Waals surface area contributed by atoms with E-state index >= 15 is 0 Å². The predicted octanol–water partition coefficient (Wildman–Crippen LogP) is 0.756. The Hall–Kier alpha value is -2.41. The number of alkyl halides is 3. The number of amides is 1. The van der Waals surface area contributed by atoms with Crippen LogP contribution >= 0.6 is 0 Å². The molecule has 0 unspecified atom stereocenters. The minimum absolute atomic E-state index is 0.0284. The first-order valence-electron chi connectivity index (χ1n) is 7.75. The van der Waals surface area contributed by atoms with E-state index in [1.54, 1.807) is 4.90 Å². The Balaban J connectivity index is 2.26. The number of rotatable bonds is 5. The zero-order valence-corrected chi connectivity index (χ0v) is 15.0. The van der Waals surface area contributed by atoms with Crippen LogP contribution in [0.1, 0.15) is 0 Å². The molecule has 1 saturated heterocycles. The number of halogens is 3. The lowest BCUT2D eigenvalue weighted by atomic mass is 10.2. The number of piperazine rings is 1. The van der Waals surface area contributed by atoms with Gasteiger partial charge in [-0.3, -0.25) is 19.8 Å². The van der Waals surface area contributed by atoms with Gasteiger partial charge in [-0.15, -0.1) is 0 Å². The van der Waals surface area contributed by atoms with Crippen LogP contribution in [-0.2, 0) is 14.6 Å². The molecule has 1 fully saturated rings. The van der Waals surface area contributed by atoms with Crippen molar-refractivity contribution >= 4 is 27.1 Å². The van der Waals surface area contributed by atoms with Gasteiger partial charge in [-0.1, -0.05) is 0 Å². The third kappa shape index (κ3) is 4.47. The summed E-state index contributed by atoms with van der Waals surface area (Å²) in [6, 6.07) is 2.14. The molecule has 1 N–H and O–H groups in total. The number of benzene rings is 1. The molecule has 1 heterocycles. The summed E-state index contributed by atoms with van der Waals surface area (Å²) in [6.07, 6.45) is 0. The highest BCUT2D eigenvalue weighted by atomic mass is 32.2. The molecule has 0 saturated carbocycles. The molecule has 27 heavy (non-hydrogen) atoms. The summed E-state index contributed by atoms with van der Waals surface area (Å²) in [5, 5.41) is 13.8. The van der Waals surface area contributed by atoms with Gasteiger partial charge in [0, 0.05) is 39.3 Å². The van der Waals surface area contributed by atoms with Crippen molar-refractivity contribution in [1.29, 1.82) is 0 Å². The van der Waals surface area contributed by atoms with Crippen molar-refractivity contribution in [2.24, 2.45) is 0 Å². The first-order chi connectivity index (χ1) is 12.5. The maximum atomic E-state index is 12.7. The summed E-state index contributed by atoms with van der Waals surface area (Å²) in [7, 11) is -4.18. The number of hydrogen-bond acceptors (Lipinski definition) is 7. The fraction of sp³-hybridized carbons (Fsp3) is 0.500. The van der Waals surface area contributed by atoms with E-state index in [1.807, 2.05) is 4.90 Å². The van der Waals surface area contributed by atoms with Crippen molar-refractivity contribution in [1.82, 2.24) is 10.2 Å². The quantitative estimate of drug-likeness (QED) is 0.563. The number of hydrogen-bond donors (Lipinski definition) is 1. The molecule has 1 aliphatic rings. The largest absolute Gasteiger partial charge is 0.501 e. The lowest BCUT2D eigenvalue weighted by Crippen LogP contribution is -2.49. The summed E-state index contributed by atoms with van der Waals surface area (Å²) >= 11 is 0. The molecule has 1 aliphatic heterocycles. The Labute approximate surface area is 152 Å². The SMILES string of the molecule is CNC(=O)CN1CCN(c2ccc(S(=O)(=O)C(F)(F)F)cc2[N+](=O)[O-])CC1. The van der Waals surface area contributed by atoms with Crippen LogP contribution in [0.15, 0.2) is 23.1 Å². The summed E-state index contributed by atoms with van der Waals surface area (Å²) in [4.78, 5) is 24.0. The first-order valence-corrected chi connectivity index (χ1v) is 9.23. The van der Waals surface area contributed by atoms with Crippen molar-refractivity contribution in [2.75, 3.05) is 44.7 Å². The number of sulfone groups is 1. The van der Waals surface area contributed by atoms with Crippen molar-refractivity contribution in [2.45, 2.75) is 10.4 Å². The molecule has 0 aromatic heterocycles. The van der Waals surface area contributed by atoms with Crippen molar-refractivity contribution < 1.29 is 31.3 Å². The number of anilines is 1. The van der Waals surface area contributed by atoms with Crippen LogP contribution in [-0.4, -0.2) is 69.4 Å². The number of nitrogens with zero attached hydrogens (tertiary/aromatic N) is 3. The van der Waals surface area contributed by atoms with Crippen molar-refractivity contribution in [3.63, 3.8) is 0 Å². The molecule has 0 radical (unpaired) electrons. The molecule has 0 bridgehead atoms. The Morgan fingerprint density at radius 1 is 1.26 bits per heavy atom. The zero-order chi connectivity index (χ0) is 20.4. The number of nitrogens with one attached hydrogen (secondary N) is 1. The van der Waals surface area contributed by atoms with Crippen LogP contribution in [0.5, 0.6) is 0 Å². The second kappa shape index (κ2) is 7.68. The van der Waals surface area contributed by atoms with Crippen LogP contribution in [0.2, 0.25) is 0 Å². The Morgan fingerprint density at radius 2 is 1.85 bits per heavy atom. The molecule has 13 heteroatoms. The van der Waals surface area contributed by atoms with E-state index in [0.29, 0.717) is 38.3 Å². The highest BCUT2D eigenvalue weighted by Crippen LogP contribution is 2.36. The number of nitro groups is 1. The third-order valence-corrected chi connectivity index (χ3v) is 5.60. The average Bonchev–Trinajstić information content (AvgIpc) is 2.60. The van der Waals surface area contributed by atoms with E-state index in [4.69, 9.17) is 0 Å².